The second kappa shape index (κ2) is 11.2. The number of rotatable bonds is 4. The lowest BCUT2D eigenvalue weighted by atomic mass is 10.0. The van der Waals surface area contributed by atoms with E-state index in [2.05, 4.69) is 167 Å². The van der Waals surface area contributed by atoms with Crippen LogP contribution in [0.15, 0.2) is 182 Å². The lowest BCUT2D eigenvalue weighted by molar-refractivity contribution is 1.08. The smallest absolute Gasteiger partial charge is 0.165 e. The Balaban J connectivity index is 1.14. The fourth-order valence-corrected chi connectivity index (χ4v) is 8.07. The molecule has 0 N–H and O–H groups in total. The number of hydrogen-bond acceptors (Lipinski definition) is 2. The Labute approximate surface area is 299 Å². The Kier molecular flexibility index (Phi) is 6.22. The zero-order valence-electron chi connectivity index (χ0n) is 28.1. The van der Waals surface area contributed by atoms with Crippen LogP contribution in [-0.4, -0.2) is 19.1 Å². The van der Waals surface area contributed by atoms with Crippen molar-refractivity contribution in [3.63, 3.8) is 0 Å². The van der Waals surface area contributed by atoms with Crippen molar-refractivity contribution in [2.24, 2.45) is 0 Å². The largest absolute Gasteiger partial charge is 0.309 e. The van der Waals surface area contributed by atoms with E-state index in [0.717, 1.165) is 44.8 Å². The highest BCUT2D eigenvalue weighted by Gasteiger charge is 2.20. The standard InChI is InChI=1S/C48H30N4/c1-2-14-36(15-3-1)51-43-20-10-6-16-37(43)39-29-33(24-26-45(39)51)34-25-27-46-40(30-34)38-17-7-11-21-44(38)52(46)48-47(49-41-18-8-9-19-42(41)50-48)35-23-22-31-12-4-5-13-32(31)28-35/h1-30H. The molecule has 0 saturated heterocycles. The molecular weight excluding hydrogens is 633 g/mol. The van der Waals surface area contributed by atoms with Gasteiger partial charge in [0.25, 0.3) is 0 Å². The zero-order valence-corrected chi connectivity index (χ0v) is 28.1. The van der Waals surface area contributed by atoms with Crippen molar-refractivity contribution < 1.29 is 0 Å². The monoisotopic (exact) mass is 662 g/mol. The molecular formula is C48H30N4. The van der Waals surface area contributed by atoms with Gasteiger partial charge in [-0.3, -0.25) is 4.57 Å². The van der Waals surface area contributed by atoms with E-state index in [0.29, 0.717) is 0 Å². The lowest BCUT2D eigenvalue weighted by Gasteiger charge is -2.14. The third-order valence-electron chi connectivity index (χ3n) is 10.5. The van der Waals surface area contributed by atoms with Crippen LogP contribution in [0.3, 0.4) is 0 Å². The molecule has 0 aliphatic heterocycles. The Morgan fingerprint density at radius 1 is 0.327 bits per heavy atom. The van der Waals surface area contributed by atoms with E-state index in [1.54, 1.807) is 0 Å². The highest BCUT2D eigenvalue weighted by Crippen LogP contribution is 2.40. The van der Waals surface area contributed by atoms with Crippen LogP contribution in [0.1, 0.15) is 0 Å². The van der Waals surface area contributed by atoms with Crippen LogP contribution < -0.4 is 0 Å². The van der Waals surface area contributed by atoms with Crippen molar-refractivity contribution in [2.45, 2.75) is 0 Å². The van der Waals surface area contributed by atoms with Gasteiger partial charge in [-0.1, -0.05) is 115 Å². The summed E-state index contributed by atoms with van der Waals surface area (Å²) in [4.78, 5) is 10.6. The number of aromatic nitrogens is 4. The van der Waals surface area contributed by atoms with E-state index in [9.17, 15) is 0 Å². The summed E-state index contributed by atoms with van der Waals surface area (Å²) in [6.45, 7) is 0. The molecule has 0 aliphatic carbocycles. The molecule has 0 radical (unpaired) electrons. The molecule has 242 valence electrons. The van der Waals surface area contributed by atoms with Crippen molar-refractivity contribution in [3.05, 3.63) is 182 Å². The third-order valence-corrected chi connectivity index (χ3v) is 10.5. The van der Waals surface area contributed by atoms with Crippen molar-refractivity contribution in [1.82, 2.24) is 19.1 Å². The van der Waals surface area contributed by atoms with E-state index in [4.69, 9.17) is 9.97 Å². The van der Waals surface area contributed by atoms with Gasteiger partial charge in [0.2, 0.25) is 0 Å². The molecule has 0 atom stereocenters. The topological polar surface area (TPSA) is 35.6 Å². The second-order valence-electron chi connectivity index (χ2n) is 13.5. The molecule has 0 saturated carbocycles. The summed E-state index contributed by atoms with van der Waals surface area (Å²) in [6.07, 6.45) is 0. The molecule has 11 aromatic rings. The van der Waals surface area contributed by atoms with Crippen molar-refractivity contribution in [1.29, 1.82) is 0 Å². The van der Waals surface area contributed by atoms with E-state index < -0.39 is 0 Å². The number of fused-ring (bicyclic) bond motifs is 8. The first-order valence-electron chi connectivity index (χ1n) is 17.7. The fourth-order valence-electron chi connectivity index (χ4n) is 8.07. The summed E-state index contributed by atoms with van der Waals surface area (Å²) < 4.78 is 4.66. The van der Waals surface area contributed by atoms with Crippen LogP contribution >= 0.6 is 0 Å². The van der Waals surface area contributed by atoms with Crippen LogP contribution in [0.25, 0.3) is 99.3 Å². The maximum atomic E-state index is 5.34. The summed E-state index contributed by atoms with van der Waals surface area (Å²) in [6, 6.07) is 64.9. The fraction of sp³-hybridized carbons (Fsp3) is 0. The molecule has 0 unspecified atom stereocenters. The molecule has 4 nitrogen and oxygen atoms in total. The van der Waals surface area contributed by atoms with Gasteiger partial charge in [0.05, 0.1) is 33.1 Å². The van der Waals surface area contributed by atoms with Crippen LogP contribution in [0, 0.1) is 0 Å². The van der Waals surface area contributed by atoms with Crippen molar-refractivity contribution in [3.8, 4) is 33.9 Å². The van der Waals surface area contributed by atoms with Gasteiger partial charge in [-0.25, -0.2) is 9.97 Å². The number of benzene rings is 8. The molecule has 0 spiro atoms. The first-order valence-corrected chi connectivity index (χ1v) is 17.7. The summed E-state index contributed by atoms with van der Waals surface area (Å²) in [5.74, 6) is 0.822. The molecule has 4 heteroatoms. The highest BCUT2D eigenvalue weighted by molar-refractivity contribution is 6.13. The molecule has 3 heterocycles. The Morgan fingerprint density at radius 2 is 0.846 bits per heavy atom. The van der Waals surface area contributed by atoms with Crippen LogP contribution in [0.4, 0.5) is 0 Å². The van der Waals surface area contributed by atoms with E-state index >= 15 is 0 Å². The maximum Gasteiger partial charge on any atom is 0.165 e. The number of nitrogens with zero attached hydrogens (tertiary/aromatic N) is 4. The third kappa shape index (κ3) is 4.34. The SMILES string of the molecule is c1ccc(-n2c3ccccc3c3cc(-c4ccc5c(c4)c4ccccc4n5-c4nc5ccccc5nc4-c4ccc5ccccc5c4)ccc32)cc1. The summed E-state index contributed by atoms with van der Waals surface area (Å²) in [7, 11) is 0. The average molecular weight is 663 g/mol. The predicted octanol–water partition coefficient (Wildman–Crippen LogP) is 12.3. The second-order valence-corrected chi connectivity index (χ2v) is 13.5. The van der Waals surface area contributed by atoms with Crippen molar-refractivity contribution >= 4 is 65.4 Å². The molecule has 8 aromatic carbocycles. The van der Waals surface area contributed by atoms with Gasteiger partial charge in [0.15, 0.2) is 5.82 Å². The van der Waals surface area contributed by atoms with Crippen molar-refractivity contribution in [2.75, 3.05) is 0 Å². The first-order chi connectivity index (χ1) is 25.8. The van der Waals surface area contributed by atoms with E-state index in [1.807, 2.05) is 24.3 Å². The van der Waals surface area contributed by atoms with Crippen LogP contribution in [-0.2, 0) is 0 Å². The lowest BCUT2D eigenvalue weighted by Crippen LogP contribution is -2.03. The van der Waals surface area contributed by atoms with Gasteiger partial charge in [0, 0.05) is 32.8 Å². The minimum absolute atomic E-state index is 0.822. The average Bonchev–Trinajstić information content (AvgIpc) is 3.72. The van der Waals surface area contributed by atoms with Gasteiger partial charge in [-0.05, 0) is 88.6 Å². The molecule has 0 bridgehead atoms. The number of hydrogen-bond donors (Lipinski definition) is 0. The molecule has 0 fully saturated rings. The van der Waals surface area contributed by atoms with Gasteiger partial charge in [-0.2, -0.15) is 0 Å². The van der Waals surface area contributed by atoms with Gasteiger partial charge >= 0.3 is 0 Å². The minimum atomic E-state index is 0.822. The Bertz CT molecular complexity index is 3190. The molecule has 52 heavy (non-hydrogen) atoms. The summed E-state index contributed by atoms with van der Waals surface area (Å²) >= 11 is 0. The quantitative estimate of drug-likeness (QED) is 0.188. The van der Waals surface area contributed by atoms with Gasteiger partial charge < -0.3 is 4.57 Å². The van der Waals surface area contributed by atoms with E-state index in [-0.39, 0.29) is 0 Å². The maximum absolute atomic E-state index is 5.34. The zero-order chi connectivity index (χ0) is 34.2. The Hall–Kier alpha value is -7.04. The van der Waals surface area contributed by atoms with Gasteiger partial charge in [-0.15, -0.1) is 0 Å². The van der Waals surface area contributed by atoms with Crippen LogP contribution in [0.5, 0.6) is 0 Å². The predicted molar refractivity (Wildman–Crippen MR) is 217 cm³/mol. The summed E-state index contributed by atoms with van der Waals surface area (Å²) in [5, 5.41) is 7.23. The number of para-hydroxylation sites is 5. The summed E-state index contributed by atoms with van der Waals surface area (Å²) in [5.41, 5.74) is 11.8. The Morgan fingerprint density at radius 3 is 1.56 bits per heavy atom. The normalized spacial score (nSPS) is 11.8. The molecule has 3 aromatic heterocycles. The van der Waals surface area contributed by atoms with E-state index in [1.165, 1.54) is 54.5 Å². The molecule has 0 amide bonds. The van der Waals surface area contributed by atoms with Crippen LogP contribution in [0.2, 0.25) is 0 Å². The molecule has 0 aliphatic rings. The molecule has 11 rings (SSSR count). The minimum Gasteiger partial charge on any atom is -0.309 e. The van der Waals surface area contributed by atoms with Gasteiger partial charge in [0.1, 0.15) is 5.69 Å². The first kappa shape index (κ1) is 28.8. The highest BCUT2D eigenvalue weighted by atomic mass is 15.1.